The summed E-state index contributed by atoms with van der Waals surface area (Å²) >= 11 is 6.90. The van der Waals surface area contributed by atoms with Gasteiger partial charge in [-0.1, -0.05) is 54.1 Å². The molecule has 0 bridgehead atoms. The van der Waals surface area contributed by atoms with Gasteiger partial charge in [0.15, 0.2) is 0 Å². The van der Waals surface area contributed by atoms with Gasteiger partial charge in [0.05, 0.1) is 11.4 Å². The molecule has 0 spiro atoms. The van der Waals surface area contributed by atoms with Crippen LogP contribution in [0, 0.1) is 0 Å². The quantitative estimate of drug-likeness (QED) is 0.292. The molecule has 4 rings (SSSR count). The fourth-order valence-electron chi connectivity index (χ4n) is 3.84. The first-order valence-corrected chi connectivity index (χ1v) is 12.7. The van der Waals surface area contributed by atoms with Gasteiger partial charge in [-0.2, -0.15) is 0 Å². The lowest BCUT2D eigenvalue weighted by atomic mass is 10.1. The number of carbonyl (C=O) groups is 2. The van der Waals surface area contributed by atoms with Gasteiger partial charge in [-0.05, 0) is 67.1 Å². The van der Waals surface area contributed by atoms with Gasteiger partial charge in [0.2, 0.25) is 0 Å². The Labute approximate surface area is 215 Å². The average Bonchev–Trinajstić information content (AvgIpc) is 3.13. The van der Waals surface area contributed by atoms with Crippen molar-refractivity contribution in [3.05, 3.63) is 99.4 Å². The van der Waals surface area contributed by atoms with Gasteiger partial charge in [0, 0.05) is 35.4 Å². The van der Waals surface area contributed by atoms with Gasteiger partial charge in [0.25, 0.3) is 11.1 Å². The maximum Gasteiger partial charge on any atom is 0.293 e. The summed E-state index contributed by atoms with van der Waals surface area (Å²) in [6, 6.07) is 23.0. The molecule has 2 amide bonds. The monoisotopic (exact) mass is 506 g/mol. The van der Waals surface area contributed by atoms with E-state index in [9.17, 15) is 9.59 Å². The first kappa shape index (κ1) is 24.9. The van der Waals surface area contributed by atoms with Crippen molar-refractivity contribution in [2.75, 3.05) is 18.0 Å². The number of hydrogen-bond donors (Lipinski definition) is 0. The van der Waals surface area contributed by atoms with Gasteiger partial charge in [-0.15, -0.1) is 0 Å². The third-order valence-corrected chi connectivity index (χ3v) is 6.94. The number of anilines is 1. The molecule has 3 aromatic rings. The van der Waals surface area contributed by atoms with E-state index in [1.54, 1.807) is 18.2 Å². The van der Waals surface area contributed by atoms with E-state index in [1.165, 1.54) is 4.90 Å². The van der Waals surface area contributed by atoms with Crippen LogP contribution in [-0.4, -0.2) is 29.1 Å². The second-order valence-corrected chi connectivity index (χ2v) is 9.49. The standard InChI is InChI=1S/C28H27ClN2O3S/c1-3-30(4-2)24-15-12-22(25(17-24)34-19-21-8-6-5-7-9-21)16-26-27(32)31(28(33)35-26)18-20-10-13-23(29)14-11-20/h5-17H,3-4,18-19H2,1-2H3/b26-16+. The number of thioether (sulfide) groups is 1. The van der Waals surface area contributed by atoms with Gasteiger partial charge in [0.1, 0.15) is 12.4 Å². The zero-order chi connectivity index (χ0) is 24.8. The largest absolute Gasteiger partial charge is 0.488 e. The van der Waals surface area contributed by atoms with Crippen LogP contribution in [0.4, 0.5) is 10.5 Å². The van der Waals surface area contributed by atoms with Crippen molar-refractivity contribution >= 4 is 46.3 Å². The SMILES string of the molecule is CCN(CC)c1ccc(/C=C2/SC(=O)N(Cc3ccc(Cl)cc3)C2=O)c(OCc2ccccc2)c1. The molecule has 0 radical (unpaired) electrons. The van der Waals surface area contributed by atoms with Crippen molar-refractivity contribution in [2.24, 2.45) is 0 Å². The van der Waals surface area contributed by atoms with E-state index >= 15 is 0 Å². The number of carbonyl (C=O) groups excluding carboxylic acids is 2. The number of nitrogens with zero attached hydrogens (tertiary/aromatic N) is 2. The van der Waals surface area contributed by atoms with Crippen LogP contribution in [0.1, 0.15) is 30.5 Å². The molecule has 180 valence electrons. The van der Waals surface area contributed by atoms with Crippen LogP contribution < -0.4 is 9.64 Å². The van der Waals surface area contributed by atoms with Crippen molar-refractivity contribution in [3.63, 3.8) is 0 Å². The third kappa shape index (κ3) is 6.08. The third-order valence-electron chi connectivity index (χ3n) is 5.78. The first-order chi connectivity index (χ1) is 17.0. The van der Waals surface area contributed by atoms with E-state index in [0.29, 0.717) is 22.3 Å². The number of rotatable bonds is 9. The van der Waals surface area contributed by atoms with Crippen LogP contribution in [0.3, 0.4) is 0 Å². The number of ether oxygens (including phenoxy) is 1. The zero-order valence-electron chi connectivity index (χ0n) is 19.7. The van der Waals surface area contributed by atoms with Gasteiger partial charge in [-0.25, -0.2) is 0 Å². The number of amides is 2. The zero-order valence-corrected chi connectivity index (χ0v) is 21.3. The van der Waals surface area contributed by atoms with E-state index in [1.807, 2.05) is 60.7 Å². The summed E-state index contributed by atoms with van der Waals surface area (Å²) in [7, 11) is 0. The van der Waals surface area contributed by atoms with Crippen molar-refractivity contribution < 1.29 is 14.3 Å². The van der Waals surface area contributed by atoms with E-state index in [0.717, 1.165) is 47.2 Å². The fraction of sp³-hybridized carbons (Fsp3) is 0.214. The lowest BCUT2D eigenvalue weighted by Gasteiger charge is -2.22. The van der Waals surface area contributed by atoms with Gasteiger partial charge in [-0.3, -0.25) is 14.5 Å². The molecule has 1 saturated heterocycles. The van der Waals surface area contributed by atoms with Crippen LogP contribution in [0.25, 0.3) is 6.08 Å². The summed E-state index contributed by atoms with van der Waals surface area (Å²) in [5, 5.41) is 0.321. The molecular weight excluding hydrogens is 480 g/mol. The molecule has 0 unspecified atom stereocenters. The molecule has 0 atom stereocenters. The van der Waals surface area contributed by atoms with E-state index in [-0.39, 0.29) is 17.7 Å². The minimum atomic E-state index is -0.309. The van der Waals surface area contributed by atoms with Crippen LogP contribution in [0.5, 0.6) is 5.75 Å². The Bertz CT molecular complexity index is 1220. The second-order valence-electron chi connectivity index (χ2n) is 8.06. The highest BCUT2D eigenvalue weighted by molar-refractivity contribution is 8.18. The minimum Gasteiger partial charge on any atom is -0.488 e. The molecule has 1 fully saturated rings. The molecule has 35 heavy (non-hydrogen) atoms. The molecule has 0 aliphatic carbocycles. The van der Waals surface area contributed by atoms with E-state index in [4.69, 9.17) is 16.3 Å². The van der Waals surface area contributed by atoms with E-state index < -0.39 is 0 Å². The molecule has 0 aromatic heterocycles. The number of imide groups is 1. The van der Waals surface area contributed by atoms with E-state index in [2.05, 4.69) is 18.7 Å². The second kappa shape index (κ2) is 11.5. The van der Waals surface area contributed by atoms with Crippen LogP contribution in [0.2, 0.25) is 5.02 Å². The van der Waals surface area contributed by atoms with Crippen molar-refractivity contribution in [1.82, 2.24) is 4.90 Å². The summed E-state index contributed by atoms with van der Waals surface area (Å²) in [5.41, 5.74) is 3.70. The van der Waals surface area contributed by atoms with Crippen molar-refractivity contribution in [2.45, 2.75) is 27.0 Å². The maximum atomic E-state index is 13.1. The van der Waals surface area contributed by atoms with Gasteiger partial charge >= 0.3 is 0 Å². The normalized spacial score (nSPS) is 14.6. The Balaban J connectivity index is 1.60. The molecule has 1 aliphatic heterocycles. The van der Waals surface area contributed by atoms with Crippen LogP contribution in [-0.2, 0) is 17.9 Å². The number of hydrogen-bond acceptors (Lipinski definition) is 5. The summed E-state index contributed by atoms with van der Waals surface area (Å²) in [6.07, 6.45) is 1.75. The van der Waals surface area contributed by atoms with Crippen LogP contribution in [0.15, 0.2) is 77.7 Å². The van der Waals surface area contributed by atoms with Crippen molar-refractivity contribution in [3.8, 4) is 5.75 Å². The molecule has 0 saturated carbocycles. The lowest BCUT2D eigenvalue weighted by molar-refractivity contribution is -0.123. The summed E-state index contributed by atoms with van der Waals surface area (Å²) in [6.45, 7) is 6.57. The summed E-state index contributed by atoms with van der Waals surface area (Å²) < 4.78 is 6.21. The molecule has 5 nitrogen and oxygen atoms in total. The molecule has 3 aromatic carbocycles. The topological polar surface area (TPSA) is 49.9 Å². The Morgan fingerprint density at radius 1 is 0.943 bits per heavy atom. The van der Waals surface area contributed by atoms with Crippen molar-refractivity contribution in [1.29, 1.82) is 0 Å². The maximum absolute atomic E-state index is 13.1. The Kier molecular flexibility index (Phi) is 8.16. The fourth-order valence-corrected chi connectivity index (χ4v) is 4.79. The highest BCUT2D eigenvalue weighted by Gasteiger charge is 2.35. The summed E-state index contributed by atoms with van der Waals surface area (Å²) in [4.78, 5) is 29.6. The molecule has 7 heteroatoms. The molecule has 1 heterocycles. The lowest BCUT2D eigenvalue weighted by Crippen LogP contribution is -2.27. The average molecular weight is 507 g/mol. The Morgan fingerprint density at radius 3 is 2.34 bits per heavy atom. The predicted octanol–water partition coefficient (Wildman–Crippen LogP) is 7.00. The first-order valence-electron chi connectivity index (χ1n) is 11.5. The molecule has 1 aliphatic rings. The number of halogens is 1. The van der Waals surface area contributed by atoms with Gasteiger partial charge < -0.3 is 9.64 Å². The highest BCUT2D eigenvalue weighted by Crippen LogP contribution is 2.36. The predicted molar refractivity (Wildman–Crippen MR) is 144 cm³/mol. The molecule has 0 N–H and O–H groups in total. The minimum absolute atomic E-state index is 0.206. The summed E-state index contributed by atoms with van der Waals surface area (Å²) in [5.74, 6) is 0.361. The Hall–Kier alpha value is -3.22. The Morgan fingerprint density at radius 2 is 1.66 bits per heavy atom. The van der Waals surface area contributed by atoms with Crippen LogP contribution >= 0.6 is 23.4 Å². The smallest absolute Gasteiger partial charge is 0.293 e. The number of benzene rings is 3. The molecular formula is C28H27ClN2O3S. The highest BCUT2D eigenvalue weighted by atomic mass is 35.5.